The summed E-state index contributed by atoms with van der Waals surface area (Å²) < 4.78 is 10.6. The summed E-state index contributed by atoms with van der Waals surface area (Å²) in [6.45, 7) is 2.37. The molecule has 7 heteroatoms. The minimum atomic E-state index is -0.436. The first kappa shape index (κ1) is 18.0. The predicted octanol–water partition coefficient (Wildman–Crippen LogP) is 4.12. The number of rotatable bonds is 7. The van der Waals surface area contributed by atoms with Gasteiger partial charge in [-0.3, -0.25) is 10.1 Å². The second-order valence-electron chi connectivity index (χ2n) is 5.24. The molecule has 0 radical (unpaired) electrons. The van der Waals surface area contributed by atoms with Crippen LogP contribution in [0.3, 0.4) is 0 Å². The highest BCUT2D eigenvalue weighted by molar-refractivity contribution is 6.31. The Morgan fingerprint density at radius 2 is 1.96 bits per heavy atom. The van der Waals surface area contributed by atoms with Gasteiger partial charge in [0.2, 0.25) is 0 Å². The fourth-order valence-corrected chi connectivity index (χ4v) is 2.55. The second-order valence-corrected chi connectivity index (χ2v) is 5.65. The van der Waals surface area contributed by atoms with Crippen LogP contribution >= 0.6 is 11.6 Å². The minimum absolute atomic E-state index is 0.0165. The number of nitrogens with one attached hydrogen (secondary N) is 1. The van der Waals surface area contributed by atoms with Crippen molar-refractivity contribution >= 4 is 17.3 Å². The lowest BCUT2D eigenvalue weighted by Gasteiger charge is -2.18. The van der Waals surface area contributed by atoms with Gasteiger partial charge in [0.25, 0.3) is 5.69 Å². The highest BCUT2D eigenvalue weighted by atomic mass is 35.5. The zero-order chi connectivity index (χ0) is 17.7. The Balaban J connectivity index is 2.17. The molecule has 128 valence electrons. The molecule has 0 saturated heterocycles. The first-order chi connectivity index (χ1) is 11.5. The number of benzene rings is 2. The molecule has 1 unspecified atom stereocenters. The third-order valence-corrected chi connectivity index (χ3v) is 4.11. The van der Waals surface area contributed by atoms with Gasteiger partial charge in [0.05, 0.1) is 19.1 Å². The van der Waals surface area contributed by atoms with E-state index in [-0.39, 0.29) is 11.7 Å². The molecule has 6 nitrogen and oxygen atoms in total. The third-order valence-electron chi connectivity index (χ3n) is 3.74. The van der Waals surface area contributed by atoms with E-state index >= 15 is 0 Å². The molecule has 0 aliphatic rings. The Morgan fingerprint density at radius 1 is 1.21 bits per heavy atom. The molecule has 0 aromatic heterocycles. The van der Waals surface area contributed by atoms with E-state index in [0.717, 1.165) is 17.1 Å². The normalized spacial score (nSPS) is 11.8. The van der Waals surface area contributed by atoms with Crippen molar-refractivity contribution in [2.75, 3.05) is 14.2 Å². The van der Waals surface area contributed by atoms with Gasteiger partial charge in [-0.25, -0.2) is 0 Å². The van der Waals surface area contributed by atoms with Gasteiger partial charge in [0, 0.05) is 35.3 Å². The Kier molecular flexibility index (Phi) is 6.00. The molecule has 1 N–H and O–H groups in total. The lowest BCUT2D eigenvalue weighted by Crippen LogP contribution is -2.19. The quantitative estimate of drug-likeness (QED) is 0.600. The number of ether oxygens (including phenoxy) is 2. The smallest absolute Gasteiger partial charge is 0.269 e. The molecular weight excluding hydrogens is 332 g/mol. The maximum atomic E-state index is 10.9. The van der Waals surface area contributed by atoms with Crippen molar-refractivity contribution in [3.8, 4) is 11.5 Å². The molecule has 0 aliphatic carbocycles. The van der Waals surface area contributed by atoms with E-state index in [0.29, 0.717) is 17.1 Å². The SMILES string of the molecule is COc1ccc(OC)c(C(C)NCc2cc([N+](=O)[O-])ccc2Cl)c1. The average Bonchev–Trinajstić information content (AvgIpc) is 2.59. The second kappa shape index (κ2) is 7.99. The molecular formula is C17H19ClN2O4. The van der Waals surface area contributed by atoms with Crippen LogP contribution in [0, 0.1) is 10.1 Å². The van der Waals surface area contributed by atoms with Gasteiger partial charge < -0.3 is 14.8 Å². The number of hydrogen-bond acceptors (Lipinski definition) is 5. The van der Waals surface area contributed by atoms with Crippen molar-refractivity contribution in [3.05, 3.63) is 62.7 Å². The zero-order valence-electron chi connectivity index (χ0n) is 13.7. The molecule has 2 aromatic rings. The molecule has 0 aliphatic heterocycles. The van der Waals surface area contributed by atoms with E-state index in [1.807, 2.05) is 25.1 Å². The summed E-state index contributed by atoms with van der Waals surface area (Å²) in [5.41, 5.74) is 1.61. The van der Waals surface area contributed by atoms with Gasteiger partial charge in [-0.1, -0.05) is 11.6 Å². The highest BCUT2D eigenvalue weighted by Crippen LogP contribution is 2.30. The van der Waals surface area contributed by atoms with E-state index in [1.165, 1.54) is 18.2 Å². The van der Waals surface area contributed by atoms with Gasteiger partial charge >= 0.3 is 0 Å². The zero-order valence-corrected chi connectivity index (χ0v) is 14.5. The predicted molar refractivity (Wildman–Crippen MR) is 92.9 cm³/mol. The molecule has 24 heavy (non-hydrogen) atoms. The minimum Gasteiger partial charge on any atom is -0.497 e. The standard InChI is InChI=1S/C17H19ClN2O4/c1-11(15-9-14(23-2)5-7-17(15)24-3)19-10-12-8-13(20(21)22)4-6-16(12)18/h4-9,11,19H,10H2,1-3H3. The van der Waals surface area contributed by atoms with Crippen LogP contribution in [-0.2, 0) is 6.54 Å². The Bertz CT molecular complexity index is 737. The topological polar surface area (TPSA) is 73.6 Å². The summed E-state index contributed by atoms with van der Waals surface area (Å²) in [5, 5.41) is 14.7. The van der Waals surface area contributed by atoms with Crippen molar-refractivity contribution < 1.29 is 14.4 Å². The van der Waals surface area contributed by atoms with Crippen molar-refractivity contribution in [1.82, 2.24) is 5.32 Å². The first-order valence-corrected chi connectivity index (χ1v) is 7.72. The van der Waals surface area contributed by atoms with E-state index in [9.17, 15) is 10.1 Å². The molecule has 2 aromatic carbocycles. The molecule has 0 amide bonds. The monoisotopic (exact) mass is 350 g/mol. The molecule has 1 atom stereocenters. The van der Waals surface area contributed by atoms with Crippen LogP contribution < -0.4 is 14.8 Å². The highest BCUT2D eigenvalue weighted by Gasteiger charge is 2.15. The number of halogens is 1. The van der Waals surface area contributed by atoms with Crippen LogP contribution in [0.2, 0.25) is 5.02 Å². The van der Waals surface area contributed by atoms with Crippen LogP contribution in [0.5, 0.6) is 11.5 Å². The van der Waals surface area contributed by atoms with Crippen molar-refractivity contribution in [2.45, 2.75) is 19.5 Å². The number of methoxy groups -OCH3 is 2. The maximum Gasteiger partial charge on any atom is 0.269 e. The van der Waals surface area contributed by atoms with Gasteiger partial charge in [-0.05, 0) is 36.8 Å². The van der Waals surface area contributed by atoms with E-state index in [1.54, 1.807) is 14.2 Å². The summed E-state index contributed by atoms with van der Waals surface area (Å²) in [6, 6.07) is 9.90. The van der Waals surface area contributed by atoms with Crippen molar-refractivity contribution in [3.63, 3.8) is 0 Å². The lowest BCUT2D eigenvalue weighted by molar-refractivity contribution is -0.384. The summed E-state index contributed by atoms with van der Waals surface area (Å²) in [5.74, 6) is 1.47. The Morgan fingerprint density at radius 3 is 2.58 bits per heavy atom. The summed E-state index contributed by atoms with van der Waals surface area (Å²) >= 11 is 6.13. The van der Waals surface area contributed by atoms with Gasteiger partial charge in [0.15, 0.2) is 0 Å². The molecule has 2 rings (SSSR count). The molecule has 0 saturated carbocycles. The number of non-ortho nitro benzene ring substituents is 1. The van der Waals surface area contributed by atoms with Crippen LogP contribution in [0.1, 0.15) is 24.1 Å². The fourth-order valence-electron chi connectivity index (χ4n) is 2.36. The number of nitrogens with zero attached hydrogens (tertiary/aromatic N) is 1. The summed E-state index contributed by atoms with van der Waals surface area (Å²) in [7, 11) is 3.21. The van der Waals surface area contributed by atoms with Crippen LogP contribution in [-0.4, -0.2) is 19.1 Å². The van der Waals surface area contributed by atoms with E-state index in [4.69, 9.17) is 21.1 Å². The maximum absolute atomic E-state index is 10.9. The number of nitro groups is 1. The lowest BCUT2D eigenvalue weighted by atomic mass is 10.1. The van der Waals surface area contributed by atoms with E-state index in [2.05, 4.69) is 5.32 Å². The van der Waals surface area contributed by atoms with E-state index < -0.39 is 4.92 Å². The van der Waals surface area contributed by atoms with Crippen molar-refractivity contribution in [1.29, 1.82) is 0 Å². The summed E-state index contributed by atoms with van der Waals surface area (Å²) in [4.78, 5) is 10.5. The average molecular weight is 351 g/mol. The number of hydrogen-bond donors (Lipinski definition) is 1. The van der Waals surface area contributed by atoms with Gasteiger partial charge in [-0.15, -0.1) is 0 Å². The molecule has 0 fully saturated rings. The fraction of sp³-hybridized carbons (Fsp3) is 0.294. The number of nitro benzene ring substituents is 1. The van der Waals surface area contributed by atoms with Gasteiger partial charge in [-0.2, -0.15) is 0 Å². The Labute approximate surface area is 145 Å². The molecule has 0 spiro atoms. The summed E-state index contributed by atoms with van der Waals surface area (Å²) in [6.07, 6.45) is 0. The third kappa shape index (κ3) is 4.15. The van der Waals surface area contributed by atoms with Crippen molar-refractivity contribution in [2.24, 2.45) is 0 Å². The van der Waals surface area contributed by atoms with Crippen LogP contribution in [0.4, 0.5) is 5.69 Å². The first-order valence-electron chi connectivity index (χ1n) is 7.34. The Hall–Kier alpha value is -2.31. The van der Waals surface area contributed by atoms with Crippen LogP contribution in [0.15, 0.2) is 36.4 Å². The largest absolute Gasteiger partial charge is 0.497 e. The molecule has 0 bridgehead atoms. The van der Waals surface area contributed by atoms with Gasteiger partial charge in [0.1, 0.15) is 11.5 Å². The molecule has 0 heterocycles. The van der Waals surface area contributed by atoms with Crippen LogP contribution in [0.25, 0.3) is 0 Å².